The van der Waals surface area contributed by atoms with Crippen molar-refractivity contribution in [3.8, 4) is 0 Å². The molecule has 0 aromatic heterocycles. The predicted molar refractivity (Wildman–Crippen MR) is 115 cm³/mol. The number of hydrogen-bond acceptors (Lipinski definition) is 6. The highest BCUT2D eigenvalue weighted by Crippen LogP contribution is 2.33. The molecule has 1 aromatic rings. The highest BCUT2D eigenvalue weighted by Gasteiger charge is 2.26. The highest BCUT2D eigenvalue weighted by molar-refractivity contribution is 5.76. The van der Waals surface area contributed by atoms with Gasteiger partial charge in [-0.1, -0.05) is 12.1 Å². The maximum absolute atomic E-state index is 12.2. The number of ether oxygens (including phenoxy) is 1. The van der Waals surface area contributed by atoms with Crippen molar-refractivity contribution in [1.82, 2.24) is 4.90 Å². The fourth-order valence-corrected chi connectivity index (χ4v) is 3.87. The lowest BCUT2D eigenvalue weighted by Gasteiger charge is -2.29. The van der Waals surface area contributed by atoms with Crippen molar-refractivity contribution >= 4 is 23.0 Å². The van der Waals surface area contributed by atoms with Crippen molar-refractivity contribution in [3.63, 3.8) is 0 Å². The average molecular weight is 418 g/mol. The van der Waals surface area contributed by atoms with E-state index in [9.17, 15) is 20.0 Å². The van der Waals surface area contributed by atoms with Crippen LogP contribution in [0.2, 0.25) is 0 Å². The summed E-state index contributed by atoms with van der Waals surface area (Å²) in [5.41, 5.74) is 1.81. The number of carbonyl (C=O) groups excluding carboxylic acids is 1. The lowest BCUT2D eigenvalue weighted by atomic mass is 9.92. The van der Waals surface area contributed by atoms with Gasteiger partial charge in [0.2, 0.25) is 0 Å². The van der Waals surface area contributed by atoms with Crippen LogP contribution >= 0.6 is 0 Å². The molecule has 1 amide bonds. The summed E-state index contributed by atoms with van der Waals surface area (Å²) in [6, 6.07) is 5.39. The molecule has 0 bridgehead atoms. The Kier molecular flexibility index (Phi) is 6.65. The Balaban J connectivity index is 1.70. The Morgan fingerprint density at radius 2 is 1.97 bits per heavy atom. The second kappa shape index (κ2) is 9.04. The fourth-order valence-electron chi connectivity index (χ4n) is 3.87. The molecule has 1 heterocycles. The van der Waals surface area contributed by atoms with Gasteiger partial charge < -0.3 is 20.1 Å². The molecule has 0 saturated heterocycles. The third-order valence-electron chi connectivity index (χ3n) is 5.48. The summed E-state index contributed by atoms with van der Waals surface area (Å²) < 4.78 is 5.41. The molecule has 8 nitrogen and oxygen atoms in total. The number of nitro benzene ring substituents is 1. The molecule has 164 valence electrons. The monoisotopic (exact) mass is 417 g/mol. The van der Waals surface area contributed by atoms with E-state index in [1.54, 1.807) is 17.0 Å². The van der Waals surface area contributed by atoms with Crippen molar-refractivity contribution in [2.24, 2.45) is 0 Å². The van der Waals surface area contributed by atoms with Crippen LogP contribution in [0.25, 0.3) is 5.57 Å². The van der Waals surface area contributed by atoms with Crippen LogP contribution in [0.3, 0.4) is 0 Å². The molecule has 1 saturated carbocycles. The number of carbonyl (C=O) groups is 1. The van der Waals surface area contributed by atoms with Gasteiger partial charge in [-0.2, -0.15) is 0 Å². The fraction of sp³-hybridized carbons (Fsp3) is 0.591. The van der Waals surface area contributed by atoms with E-state index in [0.29, 0.717) is 38.0 Å². The number of aliphatic hydroxyl groups excluding tert-OH is 1. The molecule has 0 unspecified atom stereocenters. The van der Waals surface area contributed by atoms with Crippen LogP contribution in [0.1, 0.15) is 58.4 Å². The van der Waals surface area contributed by atoms with Gasteiger partial charge in [0.15, 0.2) is 0 Å². The summed E-state index contributed by atoms with van der Waals surface area (Å²) in [5.74, 6) is 0. The van der Waals surface area contributed by atoms with Crippen LogP contribution < -0.4 is 5.32 Å². The van der Waals surface area contributed by atoms with Crippen LogP contribution in [0.15, 0.2) is 24.3 Å². The van der Waals surface area contributed by atoms with Gasteiger partial charge in [0.25, 0.3) is 5.69 Å². The summed E-state index contributed by atoms with van der Waals surface area (Å²) >= 11 is 0. The molecule has 1 fully saturated rings. The summed E-state index contributed by atoms with van der Waals surface area (Å²) in [6.45, 7) is 6.43. The van der Waals surface area contributed by atoms with Gasteiger partial charge in [0, 0.05) is 25.2 Å². The van der Waals surface area contributed by atoms with E-state index in [1.807, 2.05) is 32.9 Å². The Labute approximate surface area is 177 Å². The normalized spacial score (nSPS) is 22.3. The Bertz CT molecular complexity index is 823. The molecule has 0 radical (unpaired) electrons. The quantitative estimate of drug-likeness (QED) is 0.558. The standard InChI is InChI=1S/C22H31N3O5/c1-22(2,3)30-21(27)24-12-10-15(11-13-24)16-4-9-19(20(14-16)25(28)29)23-17-5-7-18(26)8-6-17/h4,9-10,14,17-18,23,26H,5-8,11-13H2,1-3H3/t17-,18+. The highest BCUT2D eigenvalue weighted by atomic mass is 16.6. The first-order valence-electron chi connectivity index (χ1n) is 10.5. The Hall–Kier alpha value is -2.61. The van der Waals surface area contributed by atoms with Gasteiger partial charge >= 0.3 is 6.09 Å². The summed E-state index contributed by atoms with van der Waals surface area (Å²) in [5, 5.41) is 24.6. The Morgan fingerprint density at radius 3 is 2.53 bits per heavy atom. The van der Waals surface area contributed by atoms with E-state index in [4.69, 9.17) is 4.74 Å². The second-order valence-electron chi connectivity index (χ2n) is 9.04. The van der Waals surface area contributed by atoms with E-state index in [-0.39, 0.29) is 28.8 Å². The third kappa shape index (κ3) is 5.72. The van der Waals surface area contributed by atoms with Crippen LogP contribution in [0.5, 0.6) is 0 Å². The number of hydrogen-bond donors (Lipinski definition) is 2. The number of nitro groups is 1. The molecule has 2 aliphatic rings. The molecular formula is C22H31N3O5. The van der Waals surface area contributed by atoms with Crippen molar-refractivity contribution < 1.29 is 19.6 Å². The predicted octanol–water partition coefficient (Wildman–Crippen LogP) is 4.33. The number of benzene rings is 1. The molecule has 30 heavy (non-hydrogen) atoms. The minimum atomic E-state index is -0.541. The van der Waals surface area contributed by atoms with Crippen LogP contribution in [0, 0.1) is 10.1 Å². The van der Waals surface area contributed by atoms with Crippen LogP contribution in [-0.4, -0.2) is 51.9 Å². The van der Waals surface area contributed by atoms with Crippen molar-refractivity contribution in [1.29, 1.82) is 0 Å². The number of anilines is 1. The van der Waals surface area contributed by atoms with E-state index < -0.39 is 5.60 Å². The molecule has 1 aromatic carbocycles. The van der Waals surface area contributed by atoms with E-state index in [2.05, 4.69) is 5.32 Å². The van der Waals surface area contributed by atoms with Gasteiger partial charge in [-0.15, -0.1) is 0 Å². The van der Waals surface area contributed by atoms with Crippen LogP contribution in [0.4, 0.5) is 16.2 Å². The zero-order chi connectivity index (χ0) is 21.9. The number of rotatable bonds is 4. The first-order chi connectivity index (χ1) is 14.1. The third-order valence-corrected chi connectivity index (χ3v) is 5.48. The minimum absolute atomic E-state index is 0.0501. The zero-order valence-electron chi connectivity index (χ0n) is 17.9. The Morgan fingerprint density at radius 1 is 1.27 bits per heavy atom. The van der Waals surface area contributed by atoms with Gasteiger partial charge in [0.05, 0.1) is 11.0 Å². The average Bonchev–Trinajstić information content (AvgIpc) is 2.68. The van der Waals surface area contributed by atoms with Crippen LogP contribution in [-0.2, 0) is 4.74 Å². The number of nitrogens with one attached hydrogen (secondary N) is 1. The molecule has 2 N–H and O–H groups in total. The molecule has 1 aliphatic carbocycles. The second-order valence-corrected chi connectivity index (χ2v) is 9.04. The van der Waals surface area contributed by atoms with Crippen molar-refractivity contribution in [2.75, 3.05) is 18.4 Å². The van der Waals surface area contributed by atoms with E-state index in [1.165, 1.54) is 0 Å². The number of nitrogens with zero attached hydrogens (tertiary/aromatic N) is 2. The largest absolute Gasteiger partial charge is 0.444 e. The number of aliphatic hydroxyl groups is 1. The maximum atomic E-state index is 12.2. The van der Waals surface area contributed by atoms with E-state index >= 15 is 0 Å². The molecule has 8 heteroatoms. The first-order valence-corrected chi connectivity index (χ1v) is 10.5. The van der Waals surface area contributed by atoms with Gasteiger partial charge in [-0.05, 0) is 70.1 Å². The smallest absolute Gasteiger partial charge is 0.410 e. The molecular weight excluding hydrogens is 386 g/mol. The SMILES string of the molecule is CC(C)(C)OC(=O)N1CC=C(c2ccc(N[C@H]3CC[C@@H](O)CC3)c([N+](=O)[O-])c2)CC1. The van der Waals surface area contributed by atoms with Crippen molar-refractivity contribution in [3.05, 3.63) is 40.0 Å². The molecule has 0 spiro atoms. The lowest BCUT2D eigenvalue weighted by molar-refractivity contribution is -0.384. The maximum Gasteiger partial charge on any atom is 0.410 e. The summed E-state index contributed by atoms with van der Waals surface area (Å²) in [7, 11) is 0. The summed E-state index contributed by atoms with van der Waals surface area (Å²) in [6.07, 6.45) is 4.96. The molecule has 1 aliphatic heterocycles. The minimum Gasteiger partial charge on any atom is -0.444 e. The lowest BCUT2D eigenvalue weighted by Crippen LogP contribution is -2.39. The zero-order valence-corrected chi connectivity index (χ0v) is 17.9. The summed E-state index contributed by atoms with van der Waals surface area (Å²) in [4.78, 5) is 25.2. The van der Waals surface area contributed by atoms with Crippen molar-refractivity contribution in [2.45, 2.75) is 70.6 Å². The van der Waals surface area contributed by atoms with Gasteiger partial charge in [-0.25, -0.2) is 4.79 Å². The van der Waals surface area contributed by atoms with Gasteiger partial charge in [0.1, 0.15) is 11.3 Å². The topological polar surface area (TPSA) is 105 Å². The first kappa shape index (κ1) is 22.1. The number of amides is 1. The molecule has 3 rings (SSSR count). The molecule has 0 atom stereocenters. The van der Waals surface area contributed by atoms with E-state index in [0.717, 1.165) is 24.0 Å². The van der Waals surface area contributed by atoms with Gasteiger partial charge in [-0.3, -0.25) is 10.1 Å².